The van der Waals surface area contributed by atoms with Crippen LogP contribution < -0.4 is 5.56 Å². The lowest BCUT2D eigenvalue weighted by Crippen LogP contribution is -2.07. The maximum Gasteiger partial charge on any atom is 0.274 e. The Labute approximate surface area is 73.2 Å². The highest BCUT2D eigenvalue weighted by atomic mass is 35.5. The fourth-order valence-corrected chi connectivity index (χ4v) is 1.26. The molecule has 0 N–H and O–H groups in total. The molecule has 12 heavy (non-hydrogen) atoms. The van der Waals surface area contributed by atoms with Gasteiger partial charge in [-0.2, -0.15) is 4.98 Å². The van der Waals surface area contributed by atoms with Crippen LogP contribution in [-0.4, -0.2) is 9.38 Å². The number of fused-ring (bicyclic) bond motifs is 1. The fraction of sp³-hybridized carbons (Fsp3) is 0. The molecule has 0 aliphatic rings. The summed E-state index contributed by atoms with van der Waals surface area (Å²) < 4.78 is 1.64. The van der Waals surface area contributed by atoms with Gasteiger partial charge in [-0.3, -0.25) is 9.20 Å². The van der Waals surface area contributed by atoms with Gasteiger partial charge in [-0.25, -0.2) is 0 Å². The zero-order chi connectivity index (χ0) is 8.55. The van der Waals surface area contributed by atoms with E-state index in [2.05, 4.69) is 4.98 Å². The minimum absolute atomic E-state index is 0.314. The molecule has 0 unspecified atom stereocenters. The molecule has 0 aliphatic heterocycles. The number of hydrogen-bond acceptors (Lipinski definition) is 2. The Balaban J connectivity index is 2.99. The summed E-state index contributed by atoms with van der Waals surface area (Å²) in [5.74, 6) is 0. The molecule has 0 fully saturated rings. The van der Waals surface area contributed by atoms with E-state index < -0.39 is 0 Å². The Hall–Kier alpha value is -1.35. The Kier molecular flexibility index (Phi) is 1.59. The summed E-state index contributed by atoms with van der Waals surface area (Å²) in [5, 5.41) is 0.380. The Morgan fingerprint density at radius 3 is 3.08 bits per heavy atom. The molecule has 0 atom stereocenters. The zero-order valence-corrected chi connectivity index (χ0v) is 6.82. The van der Waals surface area contributed by atoms with Gasteiger partial charge in [0.2, 0.25) is 0 Å². The van der Waals surface area contributed by atoms with Crippen LogP contribution in [0.4, 0.5) is 0 Å². The lowest BCUT2D eigenvalue weighted by Gasteiger charge is -1.99. The molecule has 2 aromatic heterocycles. The number of hydrogen-bond donors (Lipinski definition) is 0. The molecule has 2 rings (SSSR count). The van der Waals surface area contributed by atoms with Gasteiger partial charge < -0.3 is 0 Å². The van der Waals surface area contributed by atoms with Crippen LogP contribution >= 0.6 is 11.6 Å². The molecule has 0 bridgehead atoms. The van der Waals surface area contributed by atoms with E-state index in [0.29, 0.717) is 10.8 Å². The summed E-state index contributed by atoms with van der Waals surface area (Å²) in [5.41, 5.74) is 0.251. The van der Waals surface area contributed by atoms with Crippen molar-refractivity contribution in [2.75, 3.05) is 0 Å². The number of aromatic nitrogens is 2. The summed E-state index contributed by atoms with van der Waals surface area (Å²) in [6.07, 6.45) is 1.75. The van der Waals surface area contributed by atoms with E-state index in [1.165, 1.54) is 6.07 Å². The van der Waals surface area contributed by atoms with Crippen LogP contribution in [0.2, 0.25) is 5.15 Å². The van der Waals surface area contributed by atoms with E-state index in [0.717, 1.165) is 0 Å². The minimum Gasteiger partial charge on any atom is -0.292 e. The van der Waals surface area contributed by atoms with Crippen LogP contribution in [-0.2, 0) is 0 Å². The third-order valence-corrected chi connectivity index (χ3v) is 1.83. The van der Waals surface area contributed by atoms with E-state index in [1.807, 2.05) is 6.07 Å². The van der Waals surface area contributed by atoms with Gasteiger partial charge in [-0.05, 0) is 12.1 Å². The first-order valence-corrected chi connectivity index (χ1v) is 3.79. The lowest BCUT2D eigenvalue weighted by molar-refractivity contribution is 1.07. The number of nitrogens with zero attached hydrogens (tertiary/aromatic N) is 2. The van der Waals surface area contributed by atoms with Crippen LogP contribution in [0.3, 0.4) is 0 Å². The molecular weight excluding hydrogens is 176 g/mol. The highest BCUT2D eigenvalue weighted by molar-refractivity contribution is 6.29. The topological polar surface area (TPSA) is 34.4 Å². The zero-order valence-electron chi connectivity index (χ0n) is 6.07. The molecule has 0 saturated carbocycles. The van der Waals surface area contributed by atoms with E-state index in [1.54, 1.807) is 22.7 Å². The summed E-state index contributed by atoms with van der Waals surface area (Å²) >= 11 is 5.79. The first-order valence-electron chi connectivity index (χ1n) is 3.41. The third-order valence-electron chi connectivity index (χ3n) is 1.54. The smallest absolute Gasteiger partial charge is 0.274 e. The average molecular weight is 181 g/mol. The van der Waals surface area contributed by atoms with Crippen LogP contribution in [0, 0.1) is 0 Å². The number of rotatable bonds is 0. The molecule has 0 aliphatic carbocycles. The molecule has 3 nitrogen and oxygen atoms in total. The first-order chi connectivity index (χ1) is 5.77. The minimum atomic E-state index is -0.314. The lowest BCUT2D eigenvalue weighted by atomic mass is 10.4. The van der Waals surface area contributed by atoms with E-state index in [9.17, 15) is 4.79 Å². The van der Waals surface area contributed by atoms with Gasteiger partial charge in [0.15, 0.2) is 0 Å². The van der Waals surface area contributed by atoms with E-state index in [-0.39, 0.29) is 5.56 Å². The van der Waals surface area contributed by atoms with Gasteiger partial charge >= 0.3 is 0 Å². The summed E-state index contributed by atoms with van der Waals surface area (Å²) in [6, 6.07) is 6.64. The quantitative estimate of drug-likeness (QED) is 0.574. The second-order valence-electron chi connectivity index (χ2n) is 2.35. The van der Waals surface area contributed by atoms with Crippen molar-refractivity contribution in [1.82, 2.24) is 9.38 Å². The molecule has 0 spiro atoms. The van der Waals surface area contributed by atoms with Gasteiger partial charge in [-0.1, -0.05) is 17.7 Å². The molecule has 60 valence electrons. The predicted octanol–water partition coefficient (Wildman–Crippen LogP) is 1.35. The summed E-state index contributed by atoms with van der Waals surface area (Å²) in [6.45, 7) is 0. The molecular formula is C8H5ClN2O. The Morgan fingerprint density at radius 2 is 2.25 bits per heavy atom. The van der Waals surface area contributed by atoms with Crippen molar-refractivity contribution in [3.63, 3.8) is 0 Å². The standard InChI is InChI=1S/C8H5ClN2O/c9-6-5-8(12)10-7-3-1-2-4-11(6)7/h1-5H. The maximum atomic E-state index is 10.9. The third kappa shape index (κ3) is 1.08. The molecule has 0 aromatic carbocycles. The SMILES string of the molecule is O=c1cc(Cl)n2ccccc2n1. The van der Waals surface area contributed by atoms with Crippen molar-refractivity contribution in [2.45, 2.75) is 0 Å². The Bertz CT molecular complexity index is 478. The molecule has 0 radical (unpaired) electrons. The van der Waals surface area contributed by atoms with Gasteiger partial charge in [-0.15, -0.1) is 0 Å². The normalized spacial score (nSPS) is 10.4. The van der Waals surface area contributed by atoms with Crippen LogP contribution in [0.25, 0.3) is 5.65 Å². The van der Waals surface area contributed by atoms with Crippen molar-refractivity contribution in [3.05, 3.63) is 46.0 Å². The van der Waals surface area contributed by atoms with Crippen LogP contribution in [0.1, 0.15) is 0 Å². The molecule has 2 heterocycles. The molecule has 0 amide bonds. The summed E-state index contributed by atoms with van der Waals surface area (Å²) in [4.78, 5) is 14.7. The average Bonchev–Trinajstić information content (AvgIpc) is 2.04. The first kappa shape index (κ1) is 7.31. The largest absolute Gasteiger partial charge is 0.292 e. The number of pyridine rings is 1. The van der Waals surface area contributed by atoms with E-state index >= 15 is 0 Å². The highest BCUT2D eigenvalue weighted by Gasteiger charge is 1.97. The Morgan fingerprint density at radius 1 is 1.42 bits per heavy atom. The monoisotopic (exact) mass is 180 g/mol. The second kappa shape index (κ2) is 2.60. The van der Waals surface area contributed by atoms with Crippen LogP contribution in [0.15, 0.2) is 35.3 Å². The fourth-order valence-electron chi connectivity index (χ4n) is 1.02. The predicted molar refractivity (Wildman–Crippen MR) is 46.5 cm³/mol. The second-order valence-corrected chi connectivity index (χ2v) is 2.73. The molecule has 4 heteroatoms. The van der Waals surface area contributed by atoms with Crippen molar-refractivity contribution < 1.29 is 0 Å². The van der Waals surface area contributed by atoms with Gasteiger partial charge in [0.25, 0.3) is 5.56 Å². The van der Waals surface area contributed by atoms with Crippen molar-refractivity contribution >= 4 is 17.2 Å². The number of halogens is 1. The highest BCUT2D eigenvalue weighted by Crippen LogP contribution is 2.06. The maximum absolute atomic E-state index is 10.9. The molecule has 0 saturated heterocycles. The van der Waals surface area contributed by atoms with Crippen molar-refractivity contribution in [2.24, 2.45) is 0 Å². The van der Waals surface area contributed by atoms with Crippen molar-refractivity contribution in [1.29, 1.82) is 0 Å². The van der Waals surface area contributed by atoms with Crippen LogP contribution in [0.5, 0.6) is 0 Å². The molecule has 2 aromatic rings. The van der Waals surface area contributed by atoms with E-state index in [4.69, 9.17) is 11.6 Å². The van der Waals surface area contributed by atoms with Gasteiger partial charge in [0, 0.05) is 12.3 Å². The van der Waals surface area contributed by atoms with Crippen molar-refractivity contribution in [3.8, 4) is 0 Å². The van der Waals surface area contributed by atoms with Gasteiger partial charge in [0.1, 0.15) is 10.8 Å². The van der Waals surface area contributed by atoms with Gasteiger partial charge in [0.05, 0.1) is 0 Å². The summed E-state index contributed by atoms with van der Waals surface area (Å²) in [7, 11) is 0.